The van der Waals surface area contributed by atoms with Gasteiger partial charge in [-0.3, -0.25) is 4.99 Å². The molecule has 0 saturated heterocycles. The maximum Gasteiger partial charge on any atom is 0.330 e. The maximum atomic E-state index is 11.2. The molecular formula is C11H13NO2. The summed E-state index contributed by atoms with van der Waals surface area (Å²) in [6, 6.07) is 9.17. The average Bonchev–Trinajstić information content (AvgIpc) is 2.26. The first-order valence-corrected chi connectivity index (χ1v) is 4.35. The molecule has 0 aliphatic carbocycles. The molecule has 14 heavy (non-hydrogen) atoms. The van der Waals surface area contributed by atoms with Gasteiger partial charge in [0.1, 0.15) is 0 Å². The third-order valence-corrected chi connectivity index (χ3v) is 1.97. The Bertz CT molecular complexity index is 308. The van der Waals surface area contributed by atoms with E-state index in [1.54, 1.807) is 0 Å². The molecule has 0 radical (unpaired) electrons. The molecular weight excluding hydrogens is 178 g/mol. The number of benzene rings is 1. The molecule has 0 heterocycles. The van der Waals surface area contributed by atoms with E-state index in [1.165, 1.54) is 7.11 Å². The molecule has 1 rings (SSSR count). The summed E-state index contributed by atoms with van der Waals surface area (Å²) in [4.78, 5) is 14.9. The lowest BCUT2D eigenvalue weighted by molar-refractivity contribution is -0.142. The number of carbonyl (C=O) groups excluding carboxylic acids is 1. The molecule has 1 aromatic rings. The Morgan fingerprint density at radius 3 is 2.64 bits per heavy atom. The van der Waals surface area contributed by atoms with E-state index >= 15 is 0 Å². The van der Waals surface area contributed by atoms with Crippen LogP contribution in [0.5, 0.6) is 0 Å². The molecule has 0 saturated carbocycles. The molecule has 0 aliphatic heterocycles. The summed E-state index contributed by atoms with van der Waals surface area (Å²) in [6.07, 6.45) is 0.539. The van der Waals surface area contributed by atoms with Crippen LogP contribution in [0, 0.1) is 0 Å². The van der Waals surface area contributed by atoms with Gasteiger partial charge in [-0.15, -0.1) is 0 Å². The number of ether oxygens (including phenoxy) is 1. The summed E-state index contributed by atoms with van der Waals surface area (Å²) in [6.45, 7) is 3.38. The summed E-state index contributed by atoms with van der Waals surface area (Å²) in [7, 11) is 1.35. The van der Waals surface area contributed by atoms with E-state index < -0.39 is 6.04 Å². The number of esters is 1. The molecule has 0 aromatic heterocycles. The topological polar surface area (TPSA) is 38.7 Å². The molecule has 0 amide bonds. The van der Waals surface area contributed by atoms with Crippen LogP contribution >= 0.6 is 0 Å². The number of aliphatic imine (C=N–C) groups is 1. The standard InChI is InChI=1S/C11H13NO2/c1-12-10(11(13)14-2)8-9-6-4-3-5-7-9/h3-7,10H,1,8H2,2H3/t10-/m0/s1. The zero-order chi connectivity index (χ0) is 10.4. The average molecular weight is 191 g/mol. The van der Waals surface area contributed by atoms with Gasteiger partial charge in [-0.2, -0.15) is 0 Å². The van der Waals surface area contributed by atoms with Crippen LogP contribution in [-0.2, 0) is 16.0 Å². The number of nitrogens with zero attached hydrogens (tertiary/aromatic N) is 1. The first-order chi connectivity index (χ1) is 6.77. The fourth-order valence-corrected chi connectivity index (χ4v) is 1.20. The lowest BCUT2D eigenvalue weighted by atomic mass is 10.1. The lowest BCUT2D eigenvalue weighted by Gasteiger charge is -2.08. The van der Waals surface area contributed by atoms with Crippen molar-refractivity contribution in [2.24, 2.45) is 4.99 Å². The van der Waals surface area contributed by atoms with Crippen molar-refractivity contribution < 1.29 is 9.53 Å². The fraction of sp³-hybridized carbons (Fsp3) is 0.273. The van der Waals surface area contributed by atoms with Crippen LogP contribution in [-0.4, -0.2) is 25.8 Å². The van der Waals surface area contributed by atoms with Crippen molar-refractivity contribution in [3.63, 3.8) is 0 Å². The Labute approximate surface area is 83.4 Å². The van der Waals surface area contributed by atoms with Gasteiger partial charge in [0.05, 0.1) is 7.11 Å². The molecule has 0 fully saturated rings. The predicted octanol–water partition coefficient (Wildman–Crippen LogP) is 1.47. The van der Waals surface area contributed by atoms with Gasteiger partial charge < -0.3 is 4.74 Å². The maximum absolute atomic E-state index is 11.2. The van der Waals surface area contributed by atoms with Crippen molar-refractivity contribution in [3.05, 3.63) is 35.9 Å². The van der Waals surface area contributed by atoms with Gasteiger partial charge in [-0.1, -0.05) is 30.3 Å². The fourth-order valence-electron chi connectivity index (χ4n) is 1.20. The van der Waals surface area contributed by atoms with Crippen LogP contribution in [0.4, 0.5) is 0 Å². The third kappa shape index (κ3) is 2.69. The van der Waals surface area contributed by atoms with Crippen LogP contribution in [0.15, 0.2) is 35.3 Å². The normalized spacial score (nSPS) is 11.8. The summed E-state index contributed by atoms with van der Waals surface area (Å²) < 4.78 is 4.60. The Morgan fingerprint density at radius 2 is 2.14 bits per heavy atom. The molecule has 74 valence electrons. The number of carbonyl (C=O) groups is 1. The van der Waals surface area contributed by atoms with Crippen molar-refractivity contribution in [1.29, 1.82) is 0 Å². The third-order valence-electron chi connectivity index (χ3n) is 1.97. The minimum absolute atomic E-state index is 0.344. The summed E-state index contributed by atoms with van der Waals surface area (Å²) in [5.74, 6) is -0.344. The van der Waals surface area contributed by atoms with Crippen LogP contribution in [0.1, 0.15) is 5.56 Å². The number of methoxy groups -OCH3 is 1. The molecule has 0 unspecified atom stereocenters. The van der Waals surface area contributed by atoms with E-state index in [0.29, 0.717) is 6.42 Å². The Kier molecular flexibility index (Phi) is 3.85. The van der Waals surface area contributed by atoms with Gasteiger partial charge in [-0.05, 0) is 12.3 Å². The largest absolute Gasteiger partial charge is 0.467 e. The minimum atomic E-state index is -0.498. The SMILES string of the molecule is C=N[C@@H](Cc1ccccc1)C(=O)OC. The zero-order valence-electron chi connectivity index (χ0n) is 8.14. The first-order valence-electron chi connectivity index (χ1n) is 4.35. The quantitative estimate of drug-likeness (QED) is 0.534. The van der Waals surface area contributed by atoms with Crippen molar-refractivity contribution in [3.8, 4) is 0 Å². The highest BCUT2D eigenvalue weighted by Gasteiger charge is 2.16. The zero-order valence-corrected chi connectivity index (χ0v) is 8.14. The Hall–Kier alpha value is -1.64. The van der Waals surface area contributed by atoms with Crippen molar-refractivity contribution in [2.75, 3.05) is 7.11 Å². The van der Waals surface area contributed by atoms with Crippen LogP contribution in [0.25, 0.3) is 0 Å². The molecule has 1 atom stereocenters. The second-order valence-corrected chi connectivity index (χ2v) is 2.91. The Morgan fingerprint density at radius 1 is 1.50 bits per heavy atom. The Balaban J connectivity index is 2.66. The van der Waals surface area contributed by atoms with Gasteiger partial charge in [0, 0.05) is 6.42 Å². The van der Waals surface area contributed by atoms with E-state index in [4.69, 9.17) is 0 Å². The van der Waals surface area contributed by atoms with Crippen LogP contribution in [0.2, 0.25) is 0 Å². The predicted molar refractivity (Wildman–Crippen MR) is 55.5 cm³/mol. The van der Waals surface area contributed by atoms with Crippen molar-refractivity contribution >= 4 is 12.7 Å². The summed E-state index contributed by atoms with van der Waals surface area (Å²) in [5.41, 5.74) is 1.05. The first kappa shape index (κ1) is 10.4. The van der Waals surface area contributed by atoms with Crippen LogP contribution < -0.4 is 0 Å². The molecule has 0 aliphatic rings. The minimum Gasteiger partial charge on any atom is -0.467 e. The molecule has 0 bridgehead atoms. The second kappa shape index (κ2) is 5.17. The van der Waals surface area contributed by atoms with Crippen molar-refractivity contribution in [1.82, 2.24) is 0 Å². The van der Waals surface area contributed by atoms with Gasteiger partial charge in [0.2, 0.25) is 0 Å². The number of hydrogen-bond donors (Lipinski definition) is 0. The van der Waals surface area contributed by atoms with E-state index in [9.17, 15) is 4.79 Å². The molecule has 1 aromatic carbocycles. The summed E-state index contributed by atoms with van der Waals surface area (Å²) >= 11 is 0. The van der Waals surface area contributed by atoms with Crippen LogP contribution in [0.3, 0.4) is 0 Å². The van der Waals surface area contributed by atoms with Gasteiger partial charge in [0.25, 0.3) is 0 Å². The lowest BCUT2D eigenvalue weighted by Crippen LogP contribution is -2.22. The van der Waals surface area contributed by atoms with E-state index in [0.717, 1.165) is 5.56 Å². The van der Waals surface area contributed by atoms with E-state index in [1.807, 2.05) is 30.3 Å². The molecule has 3 heteroatoms. The van der Waals surface area contributed by atoms with Crippen molar-refractivity contribution in [2.45, 2.75) is 12.5 Å². The summed E-state index contributed by atoms with van der Waals surface area (Å²) in [5, 5.41) is 0. The number of hydrogen-bond acceptors (Lipinski definition) is 3. The molecule has 3 nitrogen and oxygen atoms in total. The number of rotatable bonds is 4. The van der Waals surface area contributed by atoms with Gasteiger partial charge in [-0.25, -0.2) is 4.79 Å². The van der Waals surface area contributed by atoms with E-state index in [-0.39, 0.29) is 5.97 Å². The monoisotopic (exact) mass is 191 g/mol. The highest BCUT2D eigenvalue weighted by Crippen LogP contribution is 2.06. The molecule has 0 spiro atoms. The van der Waals surface area contributed by atoms with E-state index in [2.05, 4.69) is 16.4 Å². The second-order valence-electron chi connectivity index (χ2n) is 2.91. The molecule has 0 N–H and O–H groups in total. The van der Waals surface area contributed by atoms with Gasteiger partial charge >= 0.3 is 5.97 Å². The highest BCUT2D eigenvalue weighted by atomic mass is 16.5. The van der Waals surface area contributed by atoms with Gasteiger partial charge in [0.15, 0.2) is 6.04 Å². The smallest absolute Gasteiger partial charge is 0.330 e. The highest BCUT2D eigenvalue weighted by molar-refractivity contribution is 5.76.